The van der Waals surface area contributed by atoms with Crippen molar-refractivity contribution < 1.29 is 9.59 Å². The number of thiophene rings is 1. The number of Topliss-reactive ketones (excluding diaryl/α,β-unsaturated/α-hetero) is 1. The Labute approximate surface area is 116 Å². The minimum Gasteiger partial charge on any atom is -0.397 e. The Morgan fingerprint density at radius 2 is 2.05 bits per heavy atom. The third-order valence-electron chi connectivity index (χ3n) is 3.75. The van der Waals surface area contributed by atoms with Gasteiger partial charge >= 0.3 is 0 Å². The molecule has 0 aromatic carbocycles. The lowest BCUT2D eigenvalue weighted by molar-refractivity contribution is 0.100. The smallest absolute Gasteiger partial charge is 0.253 e. The van der Waals surface area contributed by atoms with Gasteiger partial charge in [0, 0.05) is 13.5 Å². The molecule has 1 aromatic heterocycles. The fourth-order valence-corrected chi connectivity index (χ4v) is 3.34. The van der Waals surface area contributed by atoms with E-state index in [9.17, 15) is 9.59 Å². The van der Waals surface area contributed by atoms with Gasteiger partial charge in [-0.25, -0.2) is 0 Å². The first-order valence-corrected chi connectivity index (χ1v) is 7.12. The quantitative estimate of drug-likeness (QED) is 0.721. The van der Waals surface area contributed by atoms with Crippen molar-refractivity contribution in [2.75, 3.05) is 17.6 Å². The number of ketones is 1. The fraction of sp³-hybridized carbons (Fsp3) is 0.538. The zero-order chi connectivity index (χ0) is 14.2. The van der Waals surface area contributed by atoms with Gasteiger partial charge in [0.25, 0.3) is 5.91 Å². The van der Waals surface area contributed by atoms with Crippen molar-refractivity contribution in [2.45, 2.75) is 33.1 Å². The van der Waals surface area contributed by atoms with Crippen LogP contribution in [0.2, 0.25) is 0 Å². The number of rotatable bonds is 5. The third-order valence-corrected chi connectivity index (χ3v) is 5.01. The summed E-state index contributed by atoms with van der Waals surface area (Å²) in [5.74, 6) is -0.740. The van der Waals surface area contributed by atoms with Crippen LogP contribution in [0.4, 0.5) is 10.7 Å². The van der Waals surface area contributed by atoms with Gasteiger partial charge in [0.15, 0.2) is 5.78 Å². The van der Waals surface area contributed by atoms with E-state index in [-0.39, 0.29) is 22.4 Å². The highest BCUT2D eigenvalue weighted by atomic mass is 32.1. The van der Waals surface area contributed by atoms with Gasteiger partial charge in [-0.2, -0.15) is 0 Å². The van der Waals surface area contributed by atoms with Crippen LogP contribution in [0.5, 0.6) is 0 Å². The zero-order valence-electron chi connectivity index (χ0n) is 11.2. The molecular weight excluding hydrogens is 262 g/mol. The average molecular weight is 281 g/mol. The molecule has 0 radical (unpaired) electrons. The van der Waals surface area contributed by atoms with Crippen LogP contribution < -0.4 is 16.8 Å². The van der Waals surface area contributed by atoms with Crippen LogP contribution in [-0.4, -0.2) is 18.2 Å². The van der Waals surface area contributed by atoms with Crippen molar-refractivity contribution in [3.8, 4) is 0 Å². The Bertz CT molecular complexity index is 532. The van der Waals surface area contributed by atoms with Crippen LogP contribution in [0.1, 0.15) is 53.1 Å². The molecule has 0 aliphatic heterocycles. The summed E-state index contributed by atoms with van der Waals surface area (Å²) in [5, 5.41) is 3.85. The molecule has 1 saturated carbocycles. The molecule has 1 amide bonds. The second kappa shape index (κ2) is 4.85. The van der Waals surface area contributed by atoms with E-state index in [0.717, 1.165) is 6.54 Å². The van der Waals surface area contributed by atoms with Crippen molar-refractivity contribution in [1.82, 2.24) is 0 Å². The molecule has 0 bridgehead atoms. The fourth-order valence-electron chi connectivity index (χ4n) is 2.33. The van der Waals surface area contributed by atoms with Crippen molar-refractivity contribution >= 4 is 33.7 Å². The second-order valence-electron chi connectivity index (χ2n) is 5.49. The lowest BCUT2D eigenvalue weighted by Crippen LogP contribution is -2.33. The highest BCUT2D eigenvalue weighted by Crippen LogP contribution is 2.42. The number of hydrogen-bond acceptors (Lipinski definition) is 5. The molecule has 0 atom stereocenters. The molecule has 5 nitrogen and oxygen atoms in total. The van der Waals surface area contributed by atoms with Crippen LogP contribution in [0.3, 0.4) is 0 Å². The molecule has 1 heterocycles. The number of nitrogens with two attached hydrogens (primary N) is 2. The van der Waals surface area contributed by atoms with Crippen molar-refractivity contribution in [3.05, 3.63) is 10.4 Å². The normalized spacial score (nSPS) is 16.7. The SMILES string of the molecule is CC(=O)c1sc(NCC2(C)CCC2)c(C(N)=O)c1N. The summed E-state index contributed by atoms with van der Waals surface area (Å²) in [4.78, 5) is 23.4. The summed E-state index contributed by atoms with van der Waals surface area (Å²) in [5.41, 5.74) is 11.9. The number of carbonyl (C=O) groups excluding carboxylic acids is 2. The molecule has 1 aliphatic rings. The Morgan fingerprint density at radius 1 is 1.42 bits per heavy atom. The van der Waals surface area contributed by atoms with E-state index >= 15 is 0 Å². The Hall–Kier alpha value is -1.56. The summed E-state index contributed by atoms with van der Waals surface area (Å²) in [6.07, 6.45) is 3.59. The minimum absolute atomic E-state index is 0.145. The van der Waals surface area contributed by atoms with E-state index in [1.807, 2.05) is 0 Å². The van der Waals surface area contributed by atoms with Crippen LogP contribution in [0, 0.1) is 5.41 Å². The van der Waals surface area contributed by atoms with Crippen LogP contribution in [0.15, 0.2) is 0 Å². The Kier molecular flexibility index (Phi) is 3.54. The van der Waals surface area contributed by atoms with Gasteiger partial charge in [-0.3, -0.25) is 9.59 Å². The number of carbonyl (C=O) groups is 2. The molecule has 2 rings (SSSR count). The number of amides is 1. The van der Waals surface area contributed by atoms with Gasteiger partial charge in [0.05, 0.1) is 16.1 Å². The maximum absolute atomic E-state index is 11.5. The summed E-state index contributed by atoms with van der Waals surface area (Å²) >= 11 is 1.21. The number of anilines is 2. The van der Waals surface area contributed by atoms with Crippen LogP contribution >= 0.6 is 11.3 Å². The monoisotopic (exact) mass is 281 g/mol. The molecule has 0 saturated heterocycles. The summed E-state index contributed by atoms with van der Waals surface area (Å²) < 4.78 is 0. The van der Waals surface area contributed by atoms with Gasteiger partial charge < -0.3 is 16.8 Å². The Balaban J connectivity index is 2.25. The van der Waals surface area contributed by atoms with Gasteiger partial charge in [-0.15, -0.1) is 11.3 Å². The van der Waals surface area contributed by atoms with Gasteiger partial charge in [-0.05, 0) is 18.3 Å². The van der Waals surface area contributed by atoms with E-state index in [1.54, 1.807) is 0 Å². The molecule has 6 heteroatoms. The molecule has 0 spiro atoms. The second-order valence-corrected chi connectivity index (χ2v) is 6.51. The molecule has 1 aliphatic carbocycles. The first-order chi connectivity index (χ1) is 8.84. The molecule has 1 fully saturated rings. The predicted molar refractivity (Wildman–Crippen MR) is 77.7 cm³/mol. The van der Waals surface area contributed by atoms with E-state index < -0.39 is 5.91 Å². The predicted octanol–water partition coefficient (Wildman–Crippen LogP) is 2.23. The summed E-state index contributed by atoms with van der Waals surface area (Å²) in [6.45, 7) is 4.41. The van der Waals surface area contributed by atoms with Gasteiger partial charge in [-0.1, -0.05) is 13.3 Å². The van der Waals surface area contributed by atoms with Crippen molar-refractivity contribution in [1.29, 1.82) is 0 Å². The topological polar surface area (TPSA) is 98.2 Å². The highest BCUT2D eigenvalue weighted by Gasteiger charge is 2.32. The molecule has 19 heavy (non-hydrogen) atoms. The summed E-state index contributed by atoms with van der Waals surface area (Å²) in [6, 6.07) is 0. The van der Waals surface area contributed by atoms with E-state index in [0.29, 0.717) is 9.88 Å². The van der Waals surface area contributed by atoms with E-state index in [2.05, 4.69) is 12.2 Å². The highest BCUT2D eigenvalue weighted by molar-refractivity contribution is 7.19. The molecular formula is C13H19N3O2S. The largest absolute Gasteiger partial charge is 0.397 e. The number of nitrogens with one attached hydrogen (secondary N) is 1. The van der Waals surface area contributed by atoms with Crippen molar-refractivity contribution in [3.63, 3.8) is 0 Å². The molecule has 5 N–H and O–H groups in total. The van der Waals surface area contributed by atoms with Gasteiger partial charge in [0.1, 0.15) is 5.00 Å². The Morgan fingerprint density at radius 3 is 2.47 bits per heavy atom. The lowest BCUT2D eigenvalue weighted by atomic mass is 9.70. The first-order valence-electron chi connectivity index (χ1n) is 6.31. The maximum atomic E-state index is 11.5. The maximum Gasteiger partial charge on any atom is 0.253 e. The third kappa shape index (κ3) is 2.58. The number of primary amides is 1. The number of nitrogen functional groups attached to an aromatic ring is 1. The summed E-state index contributed by atoms with van der Waals surface area (Å²) in [7, 11) is 0. The first kappa shape index (κ1) is 13.9. The standard InChI is InChI=1S/C13H19N3O2S/c1-7(17)10-9(14)8(11(15)18)12(19-10)16-6-13(2)4-3-5-13/h16H,3-6,14H2,1-2H3,(H2,15,18). The minimum atomic E-state index is -0.595. The van der Waals surface area contributed by atoms with Crippen molar-refractivity contribution in [2.24, 2.45) is 11.1 Å². The lowest BCUT2D eigenvalue weighted by Gasteiger charge is -2.38. The zero-order valence-corrected chi connectivity index (χ0v) is 12.0. The average Bonchev–Trinajstić information content (AvgIpc) is 2.61. The van der Waals surface area contributed by atoms with E-state index in [1.165, 1.54) is 37.5 Å². The molecule has 0 unspecified atom stereocenters. The van der Waals surface area contributed by atoms with Crippen LogP contribution in [0.25, 0.3) is 0 Å². The van der Waals surface area contributed by atoms with Crippen LogP contribution in [-0.2, 0) is 0 Å². The molecule has 1 aromatic rings. The van der Waals surface area contributed by atoms with Gasteiger partial charge in [0.2, 0.25) is 0 Å². The number of hydrogen-bond donors (Lipinski definition) is 3. The molecule has 104 valence electrons. The van der Waals surface area contributed by atoms with E-state index in [4.69, 9.17) is 11.5 Å².